The summed E-state index contributed by atoms with van der Waals surface area (Å²) >= 11 is 0. The average Bonchev–Trinajstić information content (AvgIpc) is 3.96. The smallest absolute Gasteiger partial charge is 0.0711 e. The van der Waals surface area contributed by atoms with Crippen LogP contribution in [-0.4, -0.2) is 9.13 Å². The van der Waals surface area contributed by atoms with Crippen molar-refractivity contribution in [2.75, 3.05) is 0 Å². The Morgan fingerprint density at radius 1 is 0.229 bits per heavy atom. The van der Waals surface area contributed by atoms with Gasteiger partial charge >= 0.3 is 0 Å². The van der Waals surface area contributed by atoms with Crippen LogP contribution < -0.4 is 0 Å². The molecule has 3 aliphatic carbocycles. The summed E-state index contributed by atoms with van der Waals surface area (Å²) in [6, 6.07) is 100. The van der Waals surface area contributed by atoms with Crippen LogP contribution in [0.3, 0.4) is 0 Å². The number of rotatable bonds is 6. The van der Waals surface area contributed by atoms with Crippen LogP contribution in [0.25, 0.3) is 77.2 Å². The first kappa shape index (κ1) is 39.1. The summed E-state index contributed by atoms with van der Waals surface area (Å²) in [5.41, 5.74) is 21.1. The molecule has 2 unspecified atom stereocenters. The normalized spacial score (nSPS) is 16.7. The zero-order valence-electron chi connectivity index (χ0n) is 38.3. The third-order valence-corrected chi connectivity index (χ3v) is 15.9. The van der Waals surface area contributed by atoms with Crippen LogP contribution >= 0.6 is 0 Å². The van der Waals surface area contributed by atoms with Crippen LogP contribution in [-0.2, 0) is 10.8 Å². The molecule has 0 spiro atoms. The highest BCUT2D eigenvalue weighted by Crippen LogP contribution is 2.67. The molecule has 2 nitrogen and oxygen atoms in total. The Hall–Kier alpha value is -8.98. The van der Waals surface area contributed by atoms with E-state index >= 15 is 0 Å². The Kier molecular flexibility index (Phi) is 8.24. The highest BCUT2D eigenvalue weighted by Gasteiger charge is 2.60. The molecule has 0 fully saturated rings. The Labute approximate surface area is 406 Å². The number of para-hydroxylation sites is 6. The van der Waals surface area contributed by atoms with Crippen molar-refractivity contribution < 1.29 is 0 Å². The lowest BCUT2D eigenvalue weighted by molar-refractivity contribution is 0.557. The maximum atomic E-state index is 2.55. The summed E-state index contributed by atoms with van der Waals surface area (Å²) in [6.45, 7) is 0. The van der Waals surface area contributed by atoms with Crippen molar-refractivity contribution in [3.63, 3.8) is 0 Å². The van der Waals surface area contributed by atoms with Gasteiger partial charge in [0.15, 0.2) is 0 Å². The Bertz CT molecular complexity index is 3870. The van der Waals surface area contributed by atoms with Gasteiger partial charge in [-0.05, 0) is 104 Å². The molecule has 0 saturated heterocycles. The van der Waals surface area contributed by atoms with E-state index in [-0.39, 0.29) is 0 Å². The molecule has 2 heteroatoms. The molecule has 13 aromatic rings. The van der Waals surface area contributed by atoms with E-state index in [1.165, 1.54) is 122 Å². The number of benzene rings is 11. The molecule has 0 N–H and O–H groups in total. The molecule has 2 atom stereocenters. The maximum absolute atomic E-state index is 2.55. The molecule has 2 aromatic heterocycles. The highest BCUT2D eigenvalue weighted by molar-refractivity contribution is 6.11. The summed E-state index contributed by atoms with van der Waals surface area (Å²) in [6.07, 6.45) is 0. The molecular weight excluding hydrogens is 845 g/mol. The van der Waals surface area contributed by atoms with Gasteiger partial charge in [-0.25, -0.2) is 0 Å². The standard InChI is InChI=1S/C68H44N2/c1-3-21-47(22-4-1)67-55-31-13-14-32-56(55)68(48-23-5-2-6-24-48,58-42-40-45(43-59(58)67)49-25-7-15-33-61(49)69-63-35-17-9-27-51(63)52-28-10-18-36-64(52)69)60-44-46(39-41-57(60)67)50-26-8-16-34-62(50)70-65-37-19-11-29-53(65)54-30-12-20-38-66(54)70/h1-44H. The summed E-state index contributed by atoms with van der Waals surface area (Å²) in [7, 11) is 0. The Morgan fingerprint density at radius 3 is 0.914 bits per heavy atom. The summed E-state index contributed by atoms with van der Waals surface area (Å²) < 4.78 is 4.93. The molecule has 11 aromatic carbocycles. The number of aromatic nitrogens is 2. The van der Waals surface area contributed by atoms with Crippen molar-refractivity contribution in [3.8, 4) is 33.6 Å². The lowest BCUT2D eigenvalue weighted by atomic mass is 9.44. The van der Waals surface area contributed by atoms with Gasteiger partial charge in [-0.1, -0.05) is 218 Å². The first-order valence-electron chi connectivity index (χ1n) is 24.4. The van der Waals surface area contributed by atoms with Gasteiger partial charge in [0.2, 0.25) is 0 Å². The van der Waals surface area contributed by atoms with Gasteiger partial charge < -0.3 is 9.13 Å². The van der Waals surface area contributed by atoms with E-state index in [1.54, 1.807) is 0 Å². The number of fused-ring (bicyclic) bond motifs is 6. The Balaban J connectivity index is 1.03. The molecule has 2 bridgehead atoms. The first-order valence-corrected chi connectivity index (χ1v) is 24.4. The van der Waals surface area contributed by atoms with Gasteiger partial charge in [0.25, 0.3) is 0 Å². The van der Waals surface area contributed by atoms with Crippen LogP contribution in [0.4, 0.5) is 0 Å². The summed E-state index contributed by atoms with van der Waals surface area (Å²) in [5.74, 6) is 0. The van der Waals surface area contributed by atoms with Gasteiger partial charge in [-0.15, -0.1) is 0 Å². The van der Waals surface area contributed by atoms with Gasteiger partial charge in [0, 0.05) is 32.7 Å². The van der Waals surface area contributed by atoms with E-state index < -0.39 is 10.8 Å². The molecular formula is C68H44N2. The van der Waals surface area contributed by atoms with Crippen LogP contribution in [0.2, 0.25) is 0 Å². The van der Waals surface area contributed by atoms with E-state index in [0.29, 0.717) is 0 Å². The maximum Gasteiger partial charge on any atom is 0.0711 e. The molecule has 326 valence electrons. The largest absolute Gasteiger partial charge is 0.309 e. The van der Waals surface area contributed by atoms with Crippen LogP contribution in [0.15, 0.2) is 267 Å². The molecule has 0 aliphatic heterocycles. The first-order chi connectivity index (χ1) is 34.8. The van der Waals surface area contributed by atoms with Gasteiger partial charge in [0.1, 0.15) is 0 Å². The zero-order valence-corrected chi connectivity index (χ0v) is 38.3. The van der Waals surface area contributed by atoms with Gasteiger partial charge in [-0.3, -0.25) is 0 Å². The lowest BCUT2D eigenvalue weighted by Gasteiger charge is -2.57. The lowest BCUT2D eigenvalue weighted by Crippen LogP contribution is -2.52. The fraction of sp³-hybridized carbons (Fsp3) is 0.0294. The van der Waals surface area contributed by atoms with E-state index in [9.17, 15) is 0 Å². The minimum Gasteiger partial charge on any atom is -0.309 e. The molecule has 70 heavy (non-hydrogen) atoms. The predicted molar refractivity (Wildman–Crippen MR) is 290 cm³/mol. The monoisotopic (exact) mass is 888 g/mol. The summed E-state index contributed by atoms with van der Waals surface area (Å²) in [4.78, 5) is 0. The predicted octanol–water partition coefficient (Wildman–Crippen LogP) is 16.6. The highest BCUT2D eigenvalue weighted by atomic mass is 15.0. The third-order valence-electron chi connectivity index (χ3n) is 15.9. The average molecular weight is 889 g/mol. The molecule has 0 amide bonds. The van der Waals surface area contributed by atoms with Crippen LogP contribution in [0, 0.1) is 0 Å². The van der Waals surface area contributed by atoms with Crippen LogP contribution in [0.1, 0.15) is 44.5 Å². The van der Waals surface area contributed by atoms with Gasteiger partial charge in [0.05, 0.1) is 44.3 Å². The molecule has 16 rings (SSSR count). The number of hydrogen-bond donors (Lipinski definition) is 0. The minimum atomic E-state index is -0.623. The molecule has 3 aliphatic rings. The van der Waals surface area contributed by atoms with Crippen molar-refractivity contribution in [1.29, 1.82) is 0 Å². The fourth-order valence-corrected chi connectivity index (χ4v) is 13.2. The van der Waals surface area contributed by atoms with E-state index in [4.69, 9.17) is 0 Å². The second kappa shape index (κ2) is 14.8. The molecule has 0 saturated carbocycles. The van der Waals surface area contributed by atoms with Crippen molar-refractivity contribution >= 4 is 43.6 Å². The summed E-state index contributed by atoms with van der Waals surface area (Å²) in [5, 5.41) is 5.03. The fourth-order valence-electron chi connectivity index (χ4n) is 13.2. The second-order valence-corrected chi connectivity index (χ2v) is 19.1. The number of hydrogen-bond acceptors (Lipinski definition) is 0. The minimum absolute atomic E-state index is 0.623. The van der Waals surface area contributed by atoms with Crippen LogP contribution in [0.5, 0.6) is 0 Å². The van der Waals surface area contributed by atoms with Crippen molar-refractivity contribution in [2.24, 2.45) is 0 Å². The number of nitrogens with zero attached hydrogens (tertiary/aromatic N) is 2. The van der Waals surface area contributed by atoms with E-state index in [0.717, 1.165) is 0 Å². The van der Waals surface area contributed by atoms with E-state index in [2.05, 4.69) is 276 Å². The molecule has 2 heterocycles. The zero-order chi connectivity index (χ0) is 46.0. The SMILES string of the molecule is c1ccc(C23c4ccccc4C(c4ccccc4)(c4ccc(-c5ccccc5-n5c6ccccc6c6ccccc65)cc42)c2cc(-c4ccccc4-n4c5ccccc5c5ccccc54)ccc23)cc1. The topological polar surface area (TPSA) is 9.86 Å². The van der Waals surface area contributed by atoms with Gasteiger partial charge in [-0.2, -0.15) is 0 Å². The second-order valence-electron chi connectivity index (χ2n) is 19.1. The third kappa shape index (κ3) is 5.07. The quantitative estimate of drug-likeness (QED) is 0.157. The van der Waals surface area contributed by atoms with Crippen molar-refractivity contribution in [2.45, 2.75) is 10.8 Å². The molecule has 0 radical (unpaired) electrons. The van der Waals surface area contributed by atoms with Crippen molar-refractivity contribution in [3.05, 3.63) is 311 Å². The Morgan fingerprint density at radius 2 is 0.529 bits per heavy atom. The van der Waals surface area contributed by atoms with Crippen molar-refractivity contribution in [1.82, 2.24) is 9.13 Å². The van der Waals surface area contributed by atoms with E-state index in [1.807, 2.05) is 0 Å².